The Morgan fingerprint density at radius 3 is 2.47 bits per heavy atom. The molecule has 0 saturated heterocycles. The minimum atomic E-state index is -0.0156. The summed E-state index contributed by atoms with van der Waals surface area (Å²) in [5.74, 6) is 0.952. The third-order valence-corrected chi connectivity index (χ3v) is 3.45. The van der Waals surface area contributed by atoms with Crippen LogP contribution in [0.4, 0.5) is 0 Å². The van der Waals surface area contributed by atoms with Crippen LogP contribution in [0.1, 0.15) is 33.5 Å². The van der Waals surface area contributed by atoms with Crippen molar-refractivity contribution in [2.75, 3.05) is 6.26 Å². The highest BCUT2D eigenvalue weighted by molar-refractivity contribution is 7.99. The van der Waals surface area contributed by atoms with E-state index in [-0.39, 0.29) is 5.41 Å². The predicted molar refractivity (Wildman–Crippen MR) is 66.7 cm³/mol. The molecule has 0 aliphatic rings. The first-order chi connectivity index (χ1) is 6.86. The van der Waals surface area contributed by atoms with Gasteiger partial charge < -0.3 is 4.57 Å². The first kappa shape index (κ1) is 12.8. The van der Waals surface area contributed by atoms with E-state index in [2.05, 4.69) is 44.1 Å². The van der Waals surface area contributed by atoms with E-state index in [1.54, 1.807) is 0 Å². The molecule has 1 atom stereocenters. The molecule has 3 nitrogen and oxygen atoms in total. The molecule has 1 heterocycles. The van der Waals surface area contributed by atoms with Crippen molar-refractivity contribution in [3.8, 4) is 0 Å². The van der Waals surface area contributed by atoms with Crippen LogP contribution >= 0.6 is 23.4 Å². The lowest BCUT2D eigenvalue weighted by molar-refractivity contribution is 0.497. The Morgan fingerprint density at radius 1 is 1.40 bits per heavy atom. The summed E-state index contributed by atoms with van der Waals surface area (Å²) in [6.45, 7) is 9.39. The van der Waals surface area contributed by atoms with E-state index in [0.717, 1.165) is 12.4 Å². The van der Waals surface area contributed by atoms with Crippen LogP contribution in [0.5, 0.6) is 0 Å². The molecule has 0 saturated carbocycles. The lowest BCUT2D eigenvalue weighted by atomic mass is 9.96. The van der Waals surface area contributed by atoms with E-state index >= 15 is 0 Å². The van der Waals surface area contributed by atoms with Crippen molar-refractivity contribution in [2.45, 2.75) is 44.9 Å². The lowest BCUT2D eigenvalue weighted by Gasteiger charge is -2.20. The Morgan fingerprint density at radius 2 is 2.00 bits per heavy atom. The summed E-state index contributed by atoms with van der Waals surface area (Å²) in [7, 11) is 0. The molecule has 5 heteroatoms. The second kappa shape index (κ2) is 4.74. The van der Waals surface area contributed by atoms with Gasteiger partial charge in [0, 0.05) is 17.2 Å². The number of hydrogen-bond donors (Lipinski definition) is 0. The van der Waals surface area contributed by atoms with Crippen molar-refractivity contribution in [3.63, 3.8) is 0 Å². The molecule has 0 spiro atoms. The van der Waals surface area contributed by atoms with E-state index < -0.39 is 0 Å². The maximum Gasteiger partial charge on any atom is 0.225 e. The van der Waals surface area contributed by atoms with Crippen molar-refractivity contribution in [2.24, 2.45) is 0 Å². The van der Waals surface area contributed by atoms with Crippen LogP contribution in [0.25, 0.3) is 0 Å². The number of rotatable bonds is 3. The van der Waals surface area contributed by atoms with Gasteiger partial charge in [0.15, 0.2) is 0 Å². The summed E-state index contributed by atoms with van der Waals surface area (Å²) < 4.78 is 2.00. The predicted octanol–water partition coefficient (Wildman–Crippen LogP) is 2.98. The molecular formula is C10H18ClN3S. The van der Waals surface area contributed by atoms with Gasteiger partial charge in [-0.25, -0.2) is 0 Å². The molecule has 0 amide bonds. The number of thioether (sulfide) groups is 1. The van der Waals surface area contributed by atoms with E-state index in [1.807, 2.05) is 16.3 Å². The maximum atomic E-state index is 6.03. The van der Waals surface area contributed by atoms with Crippen molar-refractivity contribution >= 4 is 23.4 Å². The van der Waals surface area contributed by atoms with Gasteiger partial charge in [0.05, 0.1) is 0 Å². The quantitative estimate of drug-likeness (QED) is 0.823. The normalized spacial score (nSPS) is 14.3. The first-order valence-electron chi connectivity index (χ1n) is 4.98. The highest BCUT2D eigenvalue weighted by atomic mass is 35.5. The van der Waals surface area contributed by atoms with Crippen molar-refractivity contribution < 1.29 is 0 Å². The van der Waals surface area contributed by atoms with E-state index in [9.17, 15) is 0 Å². The van der Waals surface area contributed by atoms with Gasteiger partial charge in [0.1, 0.15) is 5.82 Å². The van der Waals surface area contributed by atoms with Crippen LogP contribution < -0.4 is 0 Å². The fraction of sp³-hybridized carbons (Fsp3) is 0.800. The zero-order valence-corrected chi connectivity index (χ0v) is 11.5. The Hall–Kier alpha value is -0.220. The van der Waals surface area contributed by atoms with Gasteiger partial charge in [0.2, 0.25) is 5.28 Å². The van der Waals surface area contributed by atoms with Gasteiger partial charge in [-0.3, -0.25) is 0 Å². The van der Waals surface area contributed by atoms with Gasteiger partial charge in [0.25, 0.3) is 0 Å². The summed E-state index contributed by atoms with van der Waals surface area (Å²) in [5.41, 5.74) is -0.0156. The third kappa shape index (κ3) is 3.11. The van der Waals surface area contributed by atoms with Crippen LogP contribution in [-0.4, -0.2) is 26.3 Å². The Bertz CT molecular complexity index is 330. The van der Waals surface area contributed by atoms with Gasteiger partial charge in [-0.2, -0.15) is 11.8 Å². The highest BCUT2D eigenvalue weighted by Gasteiger charge is 2.23. The summed E-state index contributed by atoms with van der Waals surface area (Å²) in [6.07, 6.45) is 2.10. The number of hydrogen-bond acceptors (Lipinski definition) is 3. The Kier molecular flexibility index (Phi) is 4.06. The number of aromatic nitrogens is 3. The molecule has 0 radical (unpaired) electrons. The molecule has 1 aromatic heterocycles. The molecule has 0 aliphatic carbocycles. The van der Waals surface area contributed by atoms with Gasteiger partial charge >= 0.3 is 0 Å². The Balaban J connectivity index is 3.00. The molecular weight excluding hydrogens is 230 g/mol. The number of halogens is 1. The molecule has 0 aliphatic heterocycles. The van der Waals surface area contributed by atoms with Crippen LogP contribution in [0.2, 0.25) is 5.28 Å². The summed E-state index contributed by atoms with van der Waals surface area (Å²) in [4.78, 5) is 0. The molecule has 86 valence electrons. The van der Waals surface area contributed by atoms with Crippen LogP contribution in [-0.2, 0) is 12.0 Å². The lowest BCUT2D eigenvalue weighted by Crippen LogP contribution is -2.22. The molecule has 0 bridgehead atoms. The Labute approximate surface area is 101 Å². The first-order valence-corrected chi connectivity index (χ1v) is 6.65. The van der Waals surface area contributed by atoms with Gasteiger partial charge in [-0.1, -0.05) is 27.7 Å². The SMILES string of the molecule is CSC(C)Cn1c(Cl)nnc1C(C)(C)C. The largest absolute Gasteiger partial charge is 0.300 e. The zero-order chi connectivity index (χ0) is 11.6. The molecule has 1 rings (SSSR count). The monoisotopic (exact) mass is 247 g/mol. The molecule has 0 N–H and O–H groups in total. The van der Waals surface area contributed by atoms with Crippen molar-refractivity contribution in [3.05, 3.63) is 11.1 Å². The second-order valence-corrected chi connectivity index (χ2v) is 6.31. The molecule has 1 aromatic rings. The maximum absolute atomic E-state index is 6.03. The van der Waals surface area contributed by atoms with Gasteiger partial charge in [-0.05, 0) is 17.9 Å². The molecule has 0 fully saturated rings. The average molecular weight is 248 g/mol. The minimum absolute atomic E-state index is 0.0156. The number of nitrogens with zero attached hydrogens (tertiary/aromatic N) is 3. The van der Waals surface area contributed by atoms with Crippen LogP contribution in [0, 0.1) is 0 Å². The fourth-order valence-corrected chi connectivity index (χ4v) is 1.82. The molecule has 0 aromatic carbocycles. The molecule has 1 unspecified atom stereocenters. The summed E-state index contributed by atoms with van der Waals surface area (Å²) in [5, 5.41) is 9.09. The zero-order valence-electron chi connectivity index (χ0n) is 9.91. The van der Waals surface area contributed by atoms with Crippen molar-refractivity contribution in [1.29, 1.82) is 0 Å². The smallest absolute Gasteiger partial charge is 0.225 e. The van der Waals surface area contributed by atoms with Crippen molar-refractivity contribution in [1.82, 2.24) is 14.8 Å². The highest BCUT2D eigenvalue weighted by Crippen LogP contribution is 2.24. The third-order valence-electron chi connectivity index (χ3n) is 2.22. The topological polar surface area (TPSA) is 30.7 Å². The van der Waals surface area contributed by atoms with Gasteiger partial charge in [-0.15, -0.1) is 10.2 Å². The molecule has 15 heavy (non-hydrogen) atoms. The van der Waals surface area contributed by atoms with E-state index in [0.29, 0.717) is 10.5 Å². The average Bonchev–Trinajstić information content (AvgIpc) is 2.47. The fourth-order valence-electron chi connectivity index (χ4n) is 1.33. The summed E-state index contributed by atoms with van der Waals surface area (Å²) >= 11 is 7.85. The minimum Gasteiger partial charge on any atom is -0.300 e. The summed E-state index contributed by atoms with van der Waals surface area (Å²) in [6, 6.07) is 0. The van der Waals surface area contributed by atoms with E-state index in [1.165, 1.54) is 0 Å². The van der Waals surface area contributed by atoms with E-state index in [4.69, 9.17) is 11.6 Å². The van der Waals surface area contributed by atoms with Crippen LogP contribution in [0.15, 0.2) is 0 Å². The second-order valence-electron chi connectivity index (χ2n) is 4.70. The van der Waals surface area contributed by atoms with Crippen LogP contribution in [0.3, 0.4) is 0 Å². The standard InChI is InChI=1S/C10H18ClN3S/c1-7(15-5)6-14-8(10(2,3)4)12-13-9(14)11/h7H,6H2,1-5H3.